The highest BCUT2D eigenvalue weighted by Gasteiger charge is 2.41. The number of carbonyl (C=O) groups is 4. The fraction of sp³-hybridized carbons (Fsp3) is 0.714. The number of hydrogen-bond acceptors (Lipinski definition) is 12. The lowest BCUT2D eigenvalue weighted by atomic mass is 9.73. The van der Waals surface area contributed by atoms with Crippen LogP contribution in [0.5, 0.6) is 0 Å². The third kappa shape index (κ3) is 5.36. The number of hydrogen-bond donors (Lipinski definition) is 4. The normalized spacial score (nSPS) is 20.7. The monoisotopic (exact) mass is 374 g/mol. The van der Waals surface area contributed by atoms with E-state index < -0.39 is 71.7 Å². The maximum Gasteiger partial charge on any atom is 0.0476 e. The van der Waals surface area contributed by atoms with Crippen LogP contribution in [0.25, 0.3) is 0 Å². The Morgan fingerprint density at radius 3 is 1.15 bits per heavy atom. The van der Waals surface area contributed by atoms with Gasteiger partial charge in [-0.3, -0.25) is 0 Å². The van der Waals surface area contributed by atoms with Crippen LogP contribution in [0.4, 0.5) is 0 Å². The summed E-state index contributed by atoms with van der Waals surface area (Å²) in [6, 6.07) is -6.60. The molecule has 0 amide bonds. The average Bonchev–Trinajstić information content (AvgIpc) is 2.44. The maximum absolute atomic E-state index is 11.5. The van der Waals surface area contributed by atoms with Gasteiger partial charge in [0.1, 0.15) is 0 Å². The van der Waals surface area contributed by atoms with E-state index in [1.165, 1.54) is 6.92 Å². The summed E-state index contributed by atoms with van der Waals surface area (Å²) in [6.07, 6.45) is 0. The molecule has 0 saturated heterocycles. The first-order valence-corrected chi connectivity index (χ1v) is 7.61. The van der Waals surface area contributed by atoms with Gasteiger partial charge in [0.25, 0.3) is 0 Å². The van der Waals surface area contributed by atoms with Gasteiger partial charge in [-0.2, -0.15) is 0 Å². The summed E-state index contributed by atoms with van der Waals surface area (Å²) in [5.41, 5.74) is 22.4. The van der Waals surface area contributed by atoms with E-state index in [0.29, 0.717) is 0 Å². The first kappa shape index (κ1) is 23.7. The zero-order valence-electron chi connectivity index (χ0n) is 14.2. The lowest BCUT2D eigenvalue weighted by Gasteiger charge is -2.42. The van der Waals surface area contributed by atoms with E-state index in [-0.39, 0.29) is 0 Å². The molecule has 0 aromatic heterocycles. The average molecular weight is 374 g/mol. The van der Waals surface area contributed by atoms with Crippen LogP contribution in [0.3, 0.4) is 0 Å². The number of aliphatic carboxylic acids is 4. The minimum absolute atomic E-state index is 1.03. The van der Waals surface area contributed by atoms with Gasteiger partial charge in [0, 0.05) is 71.7 Å². The van der Waals surface area contributed by atoms with Gasteiger partial charge >= 0.3 is 0 Å². The highest BCUT2D eigenvalue weighted by molar-refractivity contribution is 5.77. The van der Waals surface area contributed by atoms with Gasteiger partial charge in [0.2, 0.25) is 0 Å². The van der Waals surface area contributed by atoms with E-state index in [0.717, 1.165) is 6.92 Å². The topological polar surface area (TPSA) is 265 Å². The molecule has 150 valence electrons. The number of carboxylic acid groups (broad SMARTS) is 4. The molecule has 0 saturated carbocycles. The summed E-state index contributed by atoms with van der Waals surface area (Å²) < 4.78 is 0. The molecule has 0 aliphatic carbocycles. The first-order chi connectivity index (χ1) is 11.7. The smallest absolute Gasteiger partial charge is 0.0476 e. The first-order valence-electron chi connectivity index (χ1n) is 7.61. The van der Waals surface area contributed by atoms with Gasteiger partial charge in [-0.05, 0) is 6.92 Å². The second-order valence-electron chi connectivity index (χ2n) is 6.23. The van der Waals surface area contributed by atoms with Crippen LogP contribution >= 0.6 is 0 Å². The number of rotatable bonds is 11. The van der Waals surface area contributed by atoms with Crippen molar-refractivity contribution >= 4 is 23.9 Å². The van der Waals surface area contributed by atoms with E-state index in [4.69, 9.17) is 22.9 Å². The van der Waals surface area contributed by atoms with Crippen LogP contribution in [-0.4, -0.2) is 48.0 Å². The molecule has 8 unspecified atom stereocenters. The summed E-state index contributed by atoms with van der Waals surface area (Å²) in [5, 5.41) is 45.0. The summed E-state index contributed by atoms with van der Waals surface area (Å²) in [6.45, 7) is 2.25. The fourth-order valence-corrected chi connectivity index (χ4v) is 2.78. The lowest BCUT2D eigenvalue weighted by molar-refractivity contribution is -0.320. The highest BCUT2D eigenvalue weighted by atomic mass is 16.4. The summed E-state index contributed by atoms with van der Waals surface area (Å²) in [5.74, 6) is -14.7. The zero-order valence-corrected chi connectivity index (χ0v) is 14.2. The van der Waals surface area contributed by atoms with Crippen LogP contribution in [-0.2, 0) is 19.2 Å². The number of carboxylic acids is 4. The van der Waals surface area contributed by atoms with E-state index in [1.54, 1.807) is 0 Å². The van der Waals surface area contributed by atoms with Gasteiger partial charge in [-0.15, -0.1) is 0 Å². The lowest BCUT2D eigenvalue weighted by Crippen LogP contribution is -2.66. The second kappa shape index (κ2) is 9.43. The Labute approximate surface area is 149 Å². The van der Waals surface area contributed by atoms with E-state index in [9.17, 15) is 39.6 Å². The molecule has 8 N–H and O–H groups in total. The summed E-state index contributed by atoms with van der Waals surface area (Å²) in [7, 11) is 0. The summed E-state index contributed by atoms with van der Waals surface area (Å²) in [4.78, 5) is 45.0. The standard InChI is InChI=1S/C14H26N4O8/c1-3(11(19)20)8(16)6(13(23)24)10(18)7(14(25)26)9(17)5(4(2)15)12(21)22/h3-10H,15-18H2,1-2H3,(H,19,20)(H,21,22)(H,23,24)(H,25,26)/p-4. The minimum atomic E-state index is -2.05. The minimum Gasteiger partial charge on any atom is -0.550 e. The van der Waals surface area contributed by atoms with E-state index >= 15 is 0 Å². The van der Waals surface area contributed by atoms with Crippen LogP contribution in [0.2, 0.25) is 0 Å². The molecule has 8 atom stereocenters. The van der Waals surface area contributed by atoms with E-state index in [1.807, 2.05) is 0 Å². The van der Waals surface area contributed by atoms with Crippen molar-refractivity contribution in [3.8, 4) is 0 Å². The molecule has 0 bridgehead atoms. The molecule has 0 aliphatic heterocycles. The molecule has 0 heterocycles. The van der Waals surface area contributed by atoms with Gasteiger partial charge in [0.15, 0.2) is 0 Å². The Bertz CT molecular complexity index is 555. The Kier molecular flexibility index (Phi) is 8.60. The van der Waals surface area contributed by atoms with Crippen molar-refractivity contribution in [1.29, 1.82) is 0 Å². The Hall–Kier alpha value is -2.28. The van der Waals surface area contributed by atoms with Crippen molar-refractivity contribution in [2.24, 2.45) is 46.6 Å². The third-order valence-corrected chi connectivity index (χ3v) is 4.41. The van der Waals surface area contributed by atoms with Crippen molar-refractivity contribution in [2.75, 3.05) is 0 Å². The van der Waals surface area contributed by atoms with Gasteiger partial charge in [-0.25, -0.2) is 0 Å². The number of nitrogens with two attached hydrogens (primary N) is 4. The van der Waals surface area contributed by atoms with Crippen molar-refractivity contribution in [3.05, 3.63) is 0 Å². The van der Waals surface area contributed by atoms with Crippen LogP contribution < -0.4 is 43.4 Å². The molecule has 0 fully saturated rings. The van der Waals surface area contributed by atoms with Crippen LogP contribution in [0, 0.1) is 23.7 Å². The number of carbonyl (C=O) groups excluding carboxylic acids is 4. The fourth-order valence-electron chi connectivity index (χ4n) is 2.78. The van der Waals surface area contributed by atoms with Gasteiger partial charge in [-0.1, -0.05) is 6.92 Å². The molecule has 0 aromatic carbocycles. The van der Waals surface area contributed by atoms with Crippen LogP contribution in [0.15, 0.2) is 0 Å². The molecule has 26 heavy (non-hydrogen) atoms. The third-order valence-electron chi connectivity index (χ3n) is 4.41. The highest BCUT2D eigenvalue weighted by Crippen LogP contribution is 2.24. The van der Waals surface area contributed by atoms with Gasteiger partial charge < -0.3 is 62.5 Å². The zero-order chi connectivity index (χ0) is 20.9. The summed E-state index contributed by atoms with van der Waals surface area (Å²) >= 11 is 0. The van der Waals surface area contributed by atoms with Crippen LogP contribution in [0.1, 0.15) is 13.8 Å². The Morgan fingerprint density at radius 2 is 0.885 bits per heavy atom. The predicted octanol–water partition coefficient (Wildman–Crippen LogP) is -8.20. The quantitative estimate of drug-likeness (QED) is 0.262. The molecule has 0 aromatic rings. The molecular weight excluding hydrogens is 352 g/mol. The second-order valence-corrected chi connectivity index (χ2v) is 6.23. The SMILES string of the molecule is CC(N)C(C(=O)[O-])C(N)C(C(=O)[O-])C(N)C(C(=O)[O-])C(N)C(C)C(=O)[O-]. The van der Waals surface area contributed by atoms with Crippen molar-refractivity contribution < 1.29 is 39.6 Å². The largest absolute Gasteiger partial charge is 0.550 e. The van der Waals surface area contributed by atoms with E-state index in [2.05, 4.69) is 0 Å². The molecular formula is C14H22N4O8-4. The van der Waals surface area contributed by atoms with Crippen molar-refractivity contribution in [2.45, 2.75) is 38.0 Å². The molecule has 0 spiro atoms. The van der Waals surface area contributed by atoms with Crippen molar-refractivity contribution in [3.63, 3.8) is 0 Å². The predicted molar refractivity (Wildman–Crippen MR) is 77.2 cm³/mol. The molecule has 12 nitrogen and oxygen atoms in total. The maximum atomic E-state index is 11.5. The van der Waals surface area contributed by atoms with Gasteiger partial charge in [0.05, 0.1) is 0 Å². The molecule has 0 rings (SSSR count). The Balaban J connectivity index is 5.96. The molecule has 12 heteroatoms. The molecule has 0 aliphatic rings. The Morgan fingerprint density at radius 1 is 0.577 bits per heavy atom. The van der Waals surface area contributed by atoms with Crippen molar-refractivity contribution in [1.82, 2.24) is 0 Å². The molecule has 0 radical (unpaired) electrons.